The van der Waals surface area contributed by atoms with Crippen molar-refractivity contribution in [2.24, 2.45) is 0 Å². The molecule has 3 heteroatoms. The lowest BCUT2D eigenvalue weighted by Crippen LogP contribution is -2.43. The van der Waals surface area contributed by atoms with Gasteiger partial charge in [0.25, 0.3) is 0 Å². The summed E-state index contributed by atoms with van der Waals surface area (Å²) in [6.45, 7) is 11.3. The van der Waals surface area contributed by atoms with E-state index in [1.54, 1.807) is 0 Å². The molecule has 0 N–H and O–H groups in total. The second-order valence-corrected chi connectivity index (χ2v) is 11.5. The Morgan fingerprint density at radius 3 is 2.06 bits per heavy atom. The van der Waals surface area contributed by atoms with E-state index >= 15 is 0 Å². The van der Waals surface area contributed by atoms with E-state index in [0.717, 1.165) is 17.5 Å². The van der Waals surface area contributed by atoms with Gasteiger partial charge < -0.3 is 4.43 Å². The lowest BCUT2D eigenvalue weighted by atomic mass is 10.2. The Kier molecular flexibility index (Phi) is 4.84. The van der Waals surface area contributed by atoms with Gasteiger partial charge in [0.15, 0.2) is 0 Å². The number of benzene rings is 1. The van der Waals surface area contributed by atoms with Crippen LogP contribution >= 0.6 is 15.9 Å². The van der Waals surface area contributed by atoms with Gasteiger partial charge in [-0.3, -0.25) is 0 Å². The molecule has 17 heavy (non-hydrogen) atoms. The SMILES string of the molecule is CC(C)(C)[Si](C)(C)Oc1ccc(CCBr)cc1. The fraction of sp³-hybridized carbons (Fsp3) is 0.571. The minimum absolute atomic E-state index is 0.252. The first-order valence-electron chi connectivity index (χ1n) is 6.10. The minimum Gasteiger partial charge on any atom is -0.544 e. The van der Waals surface area contributed by atoms with Gasteiger partial charge in [-0.05, 0) is 42.2 Å². The molecule has 0 unspecified atom stereocenters. The highest BCUT2D eigenvalue weighted by Gasteiger charge is 2.38. The van der Waals surface area contributed by atoms with E-state index in [9.17, 15) is 0 Å². The standard InChI is InChI=1S/C14H23BrOSi/c1-14(2,3)17(4,5)16-13-8-6-12(7-9-13)10-11-15/h6-9H,10-11H2,1-5H3. The van der Waals surface area contributed by atoms with E-state index in [1.807, 2.05) is 0 Å². The highest BCUT2D eigenvalue weighted by molar-refractivity contribution is 9.09. The third kappa shape index (κ3) is 4.14. The van der Waals surface area contributed by atoms with E-state index in [4.69, 9.17) is 4.43 Å². The first-order valence-corrected chi connectivity index (χ1v) is 10.1. The molecule has 0 aliphatic rings. The molecule has 0 amide bonds. The average molecular weight is 315 g/mol. The van der Waals surface area contributed by atoms with Crippen molar-refractivity contribution >= 4 is 24.2 Å². The van der Waals surface area contributed by atoms with Crippen molar-refractivity contribution in [3.05, 3.63) is 29.8 Å². The zero-order valence-electron chi connectivity index (χ0n) is 11.5. The van der Waals surface area contributed by atoms with E-state index < -0.39 is 8.32 Å². The summed E-state index contributed by atoms with van der Waals surface area (Å²) in [7, 11) is -1.69. The molecular weight excluding hydrogens is 292 g/mol. The van der Waals surface area contributed by atoms with Crippen molar-refractivity contribution in [3.63, 3.8) is 0 Å². The maximum Gasteiger partial charge on any atom is 0.250 e. The van der Waals surface area contributed by atoms with Crippen molar-refractivity contribution in [1.29, 1.82) is 0 Å². The molecule has 0 aliphatic heterocycles. The maximum atomic E-state index is 6.23. The molecule has 96 valence electrons. The zero-order chi connectivity index (χ0) is 13.1. The number of halogens is 1. The molecule has 0 spiro atoms. The Labute approximate surface area is 115 Å². The molecule has 1 aromatic rings. The molecule has 1 nitrogen and oxygen atoms in total. The molecule has 0 bridgehead atoms. The van der Waals surface area contributed by atoms with Crippen LogP contribution in [0.4, 0.5) is 0 Å². The quantitative estimate of drug-likeness (QED) is 0.561. The molecule has 1 aromatic carbocycles. The summed E-state index contributed by atoms with van der Waals surface area (Å²) in [5.74, 6) is 1.01. The normalized spacial score (nSPS) is 12.6. The molecule has 0 saturated carbocycles. The number of hydrogen-bond acceptors (Lipinski definition) is 1. The molecule has 0 aromatic heterocycles. The van der Waals surface area contributed by atoms with E-state index in [1.165, 1.54) is 5.56 Å². The van der Waals surface area contributed by atoms with Crippen LogP contribution in [-0.2, 0) is 6.42 Å². The molecule has 0 fully saturated rings. The predicted molar refractivity (Wildman–Crippen MR) is 81.8 cm³/mol. The summed E-state index contributed by atoms with van der Waals surface area (Å²) in [4.78, 5) is 0. The van der Waals surface area contributed by atoms with Gasteiger partial charge in [-0.1, -0.05) is 48.8 Å². The van der Waals surface area contributed by atoms with Crippen molar-refractivity contribution in [3.8, 4) is 5.75 Å². The van der Waals surface area contributed by atoms with Crippen molar-refractivity contribution < 1.29 is 4.43 Å². The lowest BCUT2D eigenvalue weighted by molar-refractivity contribution is 0.492. The summed E-state index contributed by atoms with van der Waals surface area (Å²) in [5, 5.41) is 1.26. The van der Waals surface area contributed by atoms with Crippen LogP contribution in [0.25, 0.3) is 0 Å². The number of rotatable bonds is 4. The Balaban J connectivity index is 2.76. The first kappa shape index (κ1) is 14.8. The minimum atomic E-state index is -1.69. The van der Waals surface area contributed by atoms with Crippen molar-refractivity contribution in [2.75, 3.05) is 5.33 Å². The fourth-order valence-electron chi connectivity index (χ4n) is 1.28. The molecule has 0 heterocycles. The van der Waals surface area contributed by atoms with Gasteiger partial charge in [0.05, 0.1) is 0 Å². The topological polar surface area (TPSA) is 9.23 Å². The van der Waals surface area contributed by atoms with Gasteiger partial charge in [0.1, 0.15) is 5.75 Å². The predicted octanol–water partition coefficient (Wildman–Crippen LogP) is 5.01. The summed E-state index contributed by atoms with van der Waals surface area (Å²) in [6.07, 6.45) is 1.07. The van der Waals surface area contributed by atoms with Crippen LogP contribution < -0.4 is 4.43 Å². The summed E-state index contributed by atoms with van der Waals surface area (Å²) in [5.41, 5.74) is 1.35. The third-order valence-corrected chi connectivity index (χ3v) is 8.24. The van der Waals surface area contributed by atoms with Gasteiger partial charge >= 0.3 is 0 Å². The van der Waals surface area contributed by atoms with Gasteiger partial charge in [0, 0.05) is 5.33 Å². The number of hydrogen-bond donors (Lipinski definition) is 0. The van der Waals surface area contributed by atoms with Gasteiger partial charge in [-0.25, -0.2) is 0 Å². The largest absolute Gasteiger partial charge is 0.544 e. The third-order valence-electron chi connectivity index (χ3n) is 3.49. The Bertz CT molecular complexity index is 351. The highest BCUT2D eigenvalue weighted by atomic mass is 79.9. The molecular formula is C14H23BrOSi. The fourth-order valence-corrected chi connectivity index (χ4v) is 2.77. The van der Waals surface area contributed by atoms with Crippen molar-refractivity contribution in [1.82, 2.24) is 0 Å². The Morgan fingerprint density at radius 1 is 1.12 bits per heavy atom. The monoisotopic (exact) mass is 314 g/mol. The van der Waals surface area contributed by atoms with Gasteiger partial charge in [-0.15, -0.1) is 0 Å². The van der Waals surface area contributed by atoms with Crippen LogP contribution in [0.2, 0.25) is 18.1 Å². The van der Waals surface area contributed by atoms with E-state index in [2.05, 4.69) is 74.1 Å². The van der Waals surface area contributed by atoms with Crippen LogP contribution in [0.1, 0.15) is 26.3 Å². The second kappa shape index (κ2) is 5.57. The summed E-state index contributed by atoms with van der Waals surface area (Å²) in [6, 6.07) is 8.50. The Morgan fingerprint density at radius 2 is 1.65 bits per heavy atom. The second-order valence-electron chi connectivity index (χ2n) is 5.95. The van der Waals surface area contributed by atoms with E-state index in [-0.39, 0.29) is 5.04 Å². The van der Waals surface area contributed by atoms with Gasteiger partial charge in [0.2, 0.25) is 8.32 Å². The smallest absolute Gasteiger partial charge is 0.250 e. The molecule has 0 atom stereocenters. The van der Waals surface area contributed by atoms with Crippen molar-refractivity contribution in [2.45, 2.75) is 45.3 Å². The zero-order valence-corrected chi connectivity index (χ0v) is 14.1. The molecule has 0 radical (unpaired) electrons. The molecule has 1 rings (SSSR count). The maximum absolute atomic E-state index is 6.23. The summed E-state index contributed by atoms with van der Waals surface area (Å²) >= 11 is 3.46. The van der Waals surface area contributed by atoms with Crippen LogP contribution in [0.15, 0.2) is 24.3 Å². The Hall–Kier alpha value is -0.283. The van der Waals surface area contributed by atoms with Crippen LogP contribution in [0, 0.1) is 0 Å². The average Bonchev–Trinajstić information content (AvgIpc) is 2.19. The van der Waals surface area contributed by atoms with Crippen LogP contribution in [0.3, 0.4) is 0 Å². The van der Waals surface area contributed by atoms with Crippen LogP contribution in [-0.4, -0.2) is 13.6 Å². The highest BCUT2D eigenvalue weighted by Crippen LogP contribution is 2.37. The number of aryl methyl sites for hydroxylation is 1. The van der Waals surface area contributed by atoms with E-state index in [0.29, 0.717) is 0 Å². The number of alkyl halides is 1. The first-order chi connectivity index (χ1) is 7.76. The molecule has 0 aliphatic carbocycles. The van der Waals surface area contributed by atoms with Gasteiger partial charge in [-0.2, -0.15) is 0 Å². The lowest BCUT2D eigenvalue weighted by Gasteiger charge is -2.36. The molecule has 0 saturated heterocycles. The van der Waals surface area contributed by atoms with Crippen LogP contribution in [0.5, 0.6) is 5.75 Å². The summed E-state index contributed by atoms with van der Waals surface area (Å²) < 4.78 is 6.23.